The molecule has 2 atom stereocenters. The molecule has 17 heavy (non-hydrogen) atoms. The van der Waals surface area contributed by atoms with E-state index in [1.165, 1.54) is 5.56 Å². The molecule has 0 spiro atoms. The number of amides is 1. The maximum absolute atomic E-state index is 12.1. The summed E-state index contributed by atoms with van der Waals surface area (Å²) in [6.07, 6.45) is 0.236. The summed E-state index contributed by atoms with van der Waals surface area (Å²) in [4.78, 5) is 12.1. The molecule has 0 radical (unpaired) electrons. The number of hydrogen-bond acceptors (Lipinski definition) is 2. The van der Waals surface area contributed by atoms with Gasteiger partial charge in [-0.15, -0.1) is 0 Å². The van der Waals surface area contributed by atoms with E-state index in [1.54, 1.807) is 6.92 Å². The van der Waals surface area contributed by atoms with Crippen molar-refractivity contribution in [2.75, 3.05) is 0 Å². The normalized spacial score (nSPS) is 20.1. The Bertz CT molecular complexity index is 438. The summed E-state index contributed by atoms with van der Waals surface area (Å²) in [5.74, 6) is -0.0428. The van der Waals surface area contributed by atoms with Crippen LogP contribution in [-0.2, 0) is 11.2 Å². The first-order chi connectivity index (χ1) is 7.92. The predicted molar refractivity (Wildman–Crippen MR) is 66.8 cm³/mol. The first-order valence-corrected chi connectivity index (χ1v) is 5.99. The third-order valence-electron chi connectivity index (χ3n) is 3.66. The number of benzene rings is 1. The molecule has 0 aromatic heterocycles. The first-order valence-electron chi connectivity index (χ1n) is 5.99. The van der Waals surface area contributed by atoms with E-state index >= 15 is 0 Å². The van der Waals surface area contributed by atoms with Gasteiger partial charge < -0.3 is 10.4 Å². The fourth-order valence-corrected chi connectivity index (χ4v) is 2.00. The summed E-state index contributed by atoms with van der Waals surface area (Å²) in [6, 6.07) is 8.00. The molecule has 0 aliphatic heterocycles. The summed E-state index contributed by atoms with van der Waals surface area (Å²) in [5, 5.41) is 12.5. The van der Waals surface area contributed by atoms with E-state index in [9.17, 15) is 9.90 Å². The van der Waals surface area contributed by atoms with Gasteiger partial charge in [0.25, 0.3) is 0 Å². The number of rotatable bonds is 3. The number of aliphatic hydroxyl groups is 1. The Morgan fingerprint density at radius 1 is 1.47 bits per heavy atom. The third kappa shape index (κ3) is 2.20. The molecule has 0 fully saturated rings. The van der Waals surface area contributed by atoms with Crippen molar-refractivity contribution in [2.45, 2.75) is 44.8 Å². The second kappa shape index (κ2) is 4.15. The SMILES string of the molecule is CC(O)C(C)(C)NC(=O)C1Cc2ccccc21. The van der Waals surface area contributed by atoms with Gasteiger partial charge in [0.2, 0.25) is 5.91 Å². The van der Waals surface area contributed by atoms with Crippen LogP contribution in [0.25, 0.3) is 0 Å². The molecule has 2 rings (SSSR count). The van der Waals surface area contributed by atoms with E-state index in [4.69, 9.17) is 0 Å². The van der Waals surface area contributed by atoms with Gasteiger partial charge in [0, 0.05) is 0 Å². The quantitative estimate of drug-likeness (QED) is 0.833. The van der Waals surface area contributed by atoms with Crippen LogP contribution in [0.4, 0.5) is 0 Å². The van der Waals surface area contributed by atoms with Gasteiger partial charge in [0.05, 0.1) is 17.6 Å². The predicted octanol–water partition coefficient (Wildman–Crippen LogP) is 1.60. The average Bonchev–Trinajstić information content (AvgIpc) is 2.18. The van der Waals surface area contributed by atoms with Gasteiger partial charge in [-0.3, -0.25) is 4.79 Å². The lowest BCUT2D eigenvalue weighted by atomic mass is 9.76. The van der Waals surface area contributed by atoms with Crippen molar-refractivity contribution in [3.63, 3.8) is 0 Å². The van der Waals surface area contributed by atoms with Crippen LogP contribution >= 0.6 is 0 Å². The second-order valence-electron chi connectivity index (χ2n) is 5.34. The average molecular weight is 233 g/mol. The molecule has 0 heterocycles. The minimum atomic E-state index is -0.582. The molecule has 3 heteroatoms. The molecule has 2 unspecified atom stereocenters. The summed E-state index contributed by atoms with van der Waals surface area (Å²) in [6.45, 7) is 5.36. The summed E-state index contributed by atoms with van der Waals surface area (Å²) in [5.41, 5.74) is 1.79. The smallest absolute Gasteiger partial charge is 0.228 e. The first kappa shape index (κ1) is 12.1. The lowest BCUT2D eigenvalue weighted by Gasteiger charge is -2.35. The Hall–Kier alpha value is -1.35. The molecule has 0 saturated heterocycles. The van der Waals surface area contributed by atoms with Gasteiger partial charge in [0.1, 0.15) is 0 Å². The number of carbonyl (C=O) groups excluding carboxylic acids is 1. The van der Waals surface area contributed by atoms with Crippen LogP contribution in [0, 0.1) is 0 Å². The van der Waals surface area contributed by atoms with E-state index < -0.39 is 11.6 Å². The zero-order chi connectivity index (χ0) is 12.6. The summed E-state index contributed by atoms with van der Waals surface area (Å²) >= 11 is 0. The second-order valence-corrected chi connectivity index (χ2v) is 5.34. The molecule has 1 aromatic carbocycles. The van der Waals surface area contributed by atoms with E-state index in [-0.39, 0.29) is 11.8 Å². The van der Waals surface area contributed by atoms with Crippen molar-refractivity contribution in [1.29, 1.82) is 0 Å². The number of fused-ring (bicyclic) bond motifs is 1. The van der Waals surface area contributed by atoms with Crippen molar-refractivity contribution in [1.82, 2.24) is 5.32 Å². The summed E-state index contributed by atoms with van der Waals surface area (Å²) in [7, 11) is 0. The number of hydrogen-bond donors (Lipinski definition) is 2. The van der Waals surface area contributed by atoms with Crippen molar-refractivity contribution >= 4 is 5.91 Å². The standard InChI is InChI=1S/C14H19NO2/c1-9(16)14(2,3)15-13(17)12-8-10-6-4-5-7-11(10)12/h4-7,9,12,16H,8H2,1-3H3,(H,15,17). The molecule has 1 amide bonds. The minimum absolute atomic E-state index is 0.00889. The Kier molecular flexibility index (Phi) is 2.96. The maximum atomic E-state index is 12.1. The highest BCUT2D eigenvalue weighted by molar-refractivity contribution is 5.87. The molecule has 0 saturated carbocycles. The van der Waals surface area contributed by atoms with Crippen molar-refractivity contribution in [3.8, 4) is 0 Å². The fraction of sp³-hybridized carbons (Fsp3) is 0.500. The highest BCUT2D eigenvalue weighted by Gasteiger charge is 2.35. The third-order valence-corrected chi connectivity index (χ3v) is 3.66. The molecular weight excluding hydrogens is 214 g/mol. The molecule has 1 aromatic rings. The van der Waals surface area contributed by atoms with Crippen LogP contribution in [0.15, 0.2) is 24.3 Å². The molecular formula is C14H19NO2. The topological polar surface area (TPSA) is 49.3 Å². The van der Waals surface area contributed by atoms with Gasteiger partial charge in [0.15, 0.2) is 0 Å². The van der Waals surface area contributed by atoms with E-state index in [0.29, 0.717) is 0 Å². The summed E-state index contributed by atoms with van der Waals surface area (Å²) < 4.78 is 0. The van der Waals surface area contributed by atoms with Crippen molar-refractivity contribution < 1.29 is 9.90 Å². The van der Waals surface area contributed by atoms with Gasteiger partial charge in [-0.2, -0.15) is 0 Å². The van der Waals surface area contributed by atoms with Crippen LogP contribution < -0.4 is 5.32 Å². The highest BCUT2D eigenvalue weighted by atomic mass is 16.3. The van der Waals surface area contributed by atoms with Gasteiger partial charge in [-0.05, 0) is 38.3 Å². The zero-order valence-corrected chi connectivity index (χ0v) is 10.5. The van der Waals surface area contributed by atoms with Crippen LogP contribution in [-0.4, -0.2) is 22.7 Å². The Labute approximate surface area is 102 Å². The lowest BCUT2D eigenvalue weighted by molar-refractivity contribution is -0.126. The molecule has 3 nitrogen and oxygen atoms in total. The van der Waals surface area contributed by atoms with Crippen molar-refractivity contribution in [2.24, 2.45) is 0 Å². The van der Waals surface area contributed by atoms with Crippen LogP contribution in [0.3, 0.4) is 0 Å². The Morgan fingerprint density at radius 2 is 2.12 bits per heavy atom. The highest BCUT2D eigenvalue weighted by Crippen LogP contribution is 2.35. The van der Waals surface area contributed by atoms with E-state index in [1.807, 2.05) is 32.0 Å². The van der Waals surface area contributed by atoms with Crippen molar-refractivity contribution in [3.05, 3.63) is 35.4 Å². The zero-order valence-electron chi connectivity index (χ0n) is 10.5. The van der Waals surface area contributed by atoms with Crippen LogP contribution in [0.5, 0.6) is 0 Å². The van der Waals surface area contributed by atoms with Crippen LogP contribution in [0.1, 0.15) is 37.8 Å². The molecule has 0 bridgehead atoms. The van der Waals surface area contributed by atoms with Gasteiger partial charge in [-0.1, -0.05) is 24.3 Å². The molecule has 1 aliphatic carbocycles. The molecule has 2 N–H and O–H groups in total. The van der Waals surface area contributed by atoms with Gasteiger partial charge in [-0.25, -0.2) is 0 Å². The lowest BCUT2D eigenvalue weighted by Crippen LogP contribution is -2.53. The maximum Gasteiger partial charge on any atom is 0.228 e. The Balaban J connectivity index is 2.05. The molecule has 1 aliphatic rings. The number of aliphatic hydroxyl groups excluding tert-OH is 1. The van der Waals surface area contributed by atoms with Gasteiger partial charge >= 0.3 is 0 Å². The monoisotopic (exact) mass is 233 g/mol. The number of carbonyl (C=O) groups is 1. The largest absolute Gasteiger partial charge is 0.391 e. The van der Waals surface area contributed by atoms with E-state index in [0.717, 1.165) is 12.0 Å². The Morgan fingerprint density at radius 3 is 2.71 bits per heavy atom. The number of nitrogens with one attached hydrogen (secondary N) is 1. The van der Waals surface area contributed by atoms with Crippen LogP contribution in [0.2, 0.25) is 0 Å². The van der Waals surface area contributed by atoms with E-state index in [2.05, 4.69) is 11.4 Å². The molecule has 92 valence electrons. The minimum Gasteiger partial charge on any atom is -0.391 e. The fourth-order valence-electron chi connectivity index (χ4n) is 2.00.